The monoisotopic (exact) mass is 353 g/mol. The molecule has 2 rings (SSSR count). The molecule has 2 aromatic carbocycles. The molecule has 0 saturated carbocycles. The van der Waals surface area contributed by atoms with Gasteiger partial charge >= 0.3 is 0 Å². The summed E-state index contributed by atoms with van der Waals surface area (Å²) in [6, 6.07) is 9.27. The molecule has 0 amide bonds. The Labute approximate surface area is 127 Å². The minimum absolute atomic E-state index is 0.155. The highest BCUT2D eigenvalue weighted by Crippen LogP contribution is 2.26. The predicted molar refractivity (Wildman–Crippen MR) is 77.0 cm³/mol. The van der Waals surface area contributed by atoms with Gasteiger partial charge in [-0.05, 0) is 18.2 Å². The lowest BCUT2D eigenvalue weighted by molar-refractivity contribution is -0.385. The van der Waals surface area contributed by atoms with Crippen LogP contribution in [0, 0.1) is 15.9 Å². The molecule has 0 aromatic heterocycles. The first-order valence-corrected chi connectivity index (χ1v) is 6.61. The maximum absolute atomic E-state index is 13.0. The average molecular weight is 354 g/mol. The van der Waals surface area contributed by atoms with E-state index in [9.17, 15) is 19.3 Å². The molecule has 0 fully saturated rings. The van der Waals surface area contributed by atoms with Gasteiger partial charge in [0.15, 0.2) is 12.4 Å². The Morgan fingerprint density at radius 1 is 1.29 bits per heavy atom. The first-order valence-electron chi connectivity index (χ1n) is 5.82. The van der Waals surface area contributed by atoms with Gasteiger partial charge in [0, 0.05) is 16.1 Å². The van der Waals surface area contributed by atoms with Gasteiger partial charge in [-0.2, -0.15) is 0 Å². The number of halogens is 2. The van der Waals surface area contributed by atoms with Crippen molar-refractivity contribution in [3.63, 3.8) is 0 Å². The Bertz CT molecular complexity index is 705. The van der Waals surface area contributed by atoms with Crippen molar-refractivity contribution in [2.45, 2.75) is 0 Å². The molecular formula is C14H9BrFNO4. The van der Waals surface area contributed by atoms with Gasteiger partial charge in [-0.1, -0.05) is 28.1 Å². The first-order chi connectivity index (χ1) is 9.95. The SMILES string of the molecule is O=C(COc1cc(Br)cc([N+](=O)[O-])c1)c1cccc(F)c1. The minimum Gasteiger partial charge on any atom is -0.485 e. The lowest BCUT2D eigenvalue weighted by Gasteiger charge is -2.06. The summed E-state index contributed by atoms with van der Waals surface area (Å²) in [6.45, 7) is -0.336. The van der Waals surface area contributed by atoms with E-state index >= 15 is 0 Å². The van der Waals surface area contributed by atoms with Crippen molar-refractivity contribution in [3.8, 4) is 5.75 Å². The largest absolute Gasteiger partial charge is 0.485 e. The summed E-state index contributed by atoms with van der Waals surface area (Å²) in [7, 11) is 0. The van der Waals surface area contributed by atoms with Gasteiger partial charge < -0.3 is 4.74 Å². The lowest BCUT2D eigenvalue weighted by atomic mass is 10.1. The first kappa shape index (κ1) is 15.1. The van der Waals surface area contributed by atoms with Crippen LogP contribution in [0.5, 0.6) is 5.75 Å². The van der Waals surface area contributed by atoms with E-state index in [1.165, 1.54) is 36.4 Å². The second kappa shape index (κ2) is 6.45. The Morgan fingerprint density at radius 3 is 2.71 bits per heavy atom. The van der Waals surface area contributed by atoms with Gasteiger partial charge in [0.05, 0.1) is 11.0 Å². The third-order valence-corrected chi connectivity index (χ3v) is 3.04. The molecule has 0 N–H and O–H groups in total. The molecule has 7 heteroatoms. The molecular weight excluding hydrogens is 345 g/mol. The van der Waals surface area contributed by atoms with Crippen molar-refractivity contribution in [1.82, 2.24) is 0 Å². The standard InChI is InChI=1S/C14H9BrFNO4/c15-10-5-12(17(19)20)7-13(6-10)21-8-14(18)9-2-1-3-11(16)4-9/h1-7H,8H2. The van der Waals surface area contributed by atoms with E-state index < -0.39 is 16.5 Å². The summed E-state index contributed by atoms with van der Waals surface area (Å²) in [5.74, 6) is -0.753. The summed E-state index contributed by atoms with van der Waals surface area (Å²) in [5.41, 5.74) is 0.0251. The van der Waals surface area contributed by atoms with Gasteiger partial charge in [0.2, 0.25) is 0 Å². The lowest BCUT2D eigenvalue weighted by Crippen LogP contribution is -2.11. The maximum atomic E-state index is 13.0. The number of nitro benzene ring substituents is 1. The molecule has 0 spiro atoms. The number of carbonyl (C=O) groups excluding carboxylic acids is 1. The number of hydrogen-bond acceptors (Lipinski definition) is 4. The fraction of sp³-hybridized carbons (Fsp3) is 0.0714. The van der Waals surface area contributed by atoms with Gasteiger partial charge in [-0.3, -0.25) is 14.9 Å². The third-order valence-electron chi connectivity index (χ3n) is 2.58. The van der Waals surface area contributed by atoms with Crippen molar-refractivity contribution in [2.24, 2.45) is 0 Å². The van der Waals surface area contributed by atoms with Crippen LogP contribution < -0.4 is 4.74 Å². The minimum atomic E-state index is -0.563. The molecule has 0 unspecified atom stereocenters. The van der Waals surface area contributed by atoms with Crippen LogP contribution in [0.1, 0.15) is 10.4 Å². The molecule has 108 valence electrons. The normalized spacial score (nSPS) is 10.2. The van der Waals surface area contributed by atoms with Crippen LogP contribution in [0.4, 0.5) is 10.1 Å². The second-order valence-electron chi connectivity index (χ2n) is 4.12. The van der Waals surface area contributed by atoms with Crippen molar-refractivity contribution in [1.29, 1.82) is 0 Å². The van der Waals surface area contributed by atoms with E-state index in [2.05, 4.69) is 15.9 Å². The fourth-order valence-corrected chi connectivity index (χ4v) is 2.09. The molecule has 0 atom stereocenters. The zero-order chi connectivity index (χ0) is 15.4. The Morgan fingerprint density at radius 2 is 2.05 bits per heavy atom. The number of hydrogen-bond donors (Lipinski definition) is 0. The van der Waals surface area contributed by atoms with E-state index in [1.54, 1.807) is 0 Å². The quantitative estimate of drug-likeness (QED) is 0.466. The van der Waals surface area contributed by atoms with Crippen LogP contribution in [0.2, 0.25) is 0 Å². The van der Waals surface area contributed by atoms with Gasteiger partial charge in [0.25, 0.3) is 5.69 Å². The predicted octanol–water partition coefficient (Wildman–Crippen LogP) is 3.76. The molecule has 2 aromatic rings. The average Bonchev–Trinajstić information content (AvgIpc) is 2.44. The van der Waals surface area contributed by atoms with Crippen LogP contribution in [0.3, 0.4) is 0 Å². The van der Waals surface area contributed by atoms with E-state index in [0.717, 1.165) is 6.07 Å². The summed E-state index contributed by atoms with van der Waals surface area (Å²) in [5, 5.41) is 10.7. The number of rotatable bonds is 5. The third kappa shape index (κ3) is 4.09. The van der Waals surface area contributed by atoms with Crippen LogP contribution in [-0.2, 0) is 0 Å². The fourth-order valence-electron chi connectivity index (χ4n) is 1.63. The highest BCUT2D eigenvalue weighted by molar-refractivity contribution is 9.10. The number of carbonyl (C=O) groups is 1. The molecule has 0 saturated heterocycles. The number of ketones is 1. The van der Waals surface area contributed by atoms with Crippen molar-refractivity contribution in [3.05, 3.63) is 68.4 Å². The Kier molecular flexibility index (Phi) is 4.64. The number of benzene rings is 2. The van der Waals surface area contributed by atoms with E-state index in [0.29, 0.717) is 4.47 Å². The number of nitro groups is 1. The van der Waals surface area contributed by atoms with E-state index in [-0.39, 0.29) is 23.6 Å². The summed E-state index contributed by atoms with van der Waals surface area (Å²) in [4.78, 5) is 22.0. The van der Waals surface area contributed by atoms with Gasteiger partial charge in [-0.15, -0.1) is 0 Å². The summed E-state index contributed by atoms with van der Waals surface area (Å²) < 4.78 is 18.7. The molecule has 0 aliphatic rings. The topological polar surface area (TPSA) is 69.4 Å². The number of Topliss-reactive ketones (excluding diaryl/α,β-unsaturated/α-hetero) is 1. The van der Waals surface area contributed by atoms with Crippen LogP contribution >= 0.6 is 15.9 Å². The van der Waals surface area contributed by atoms with Crippen molar-refractivity contribution >= 4 is 27.4 Å². The molecule has 0 radical (unpaired) electrons. The highest BCUT2D eigenvalue weighted by atomic mass is 79.9. The van der Waals surface area contributed by atoms with E-state index in [1.807, 2.05) is 0 Å². The maximum Gasteiger partial charge on any atom is 0.274 e. The molecule has 0 bridgehead atoms. The van der Waals surface area contributed by atoms with Crippen LogP contribution in [0.15, 0.2) is 46.9 Å². The molecule has 5 nitrogen and oxygen atoms in total. The zero-order valence-corrected chi connectivity index (χ0v) is 12.2. The number of ether oxygens (including phenoxy) is 1. The summed E-state index contributed by atoms with van der Waals surface area (Å²) >= 11 is 3.12. The van der Waals surface area contributed by atoms with Crippen molar-refractivity contribution in [2.75, 3.05) is 6.61 Å². The smallest absolute Gasteiger partial charge is 0.274 e. The molecule has 0 aliphatic carbocycles. The Balaban J connectivity index is 2.09. The molecule has 0 aliphatic heterocycles. The van der Waals surface area contributed by atoms with Crippen LogP contribution in [0.25, 0.3) is 0 Å². The summed E-state index contributed by atoms with van der Waals surface area (Å²) in [6.07, 6.45) is 0. The zero-order valence-electron chi connectivity index (χ0n) is 10.6. The second-order valence-corrected chi connectivity index (χ2v) is 5.04. The number of nitrogens with zero attached hydrogens (tertiary/aromatic N) is 1. The Hall–Kier alpha value is -2.28. The van der Waals surface area contributed by atoms with Gasteiger partial charge in [-0.25, -0.2) is 4.39 Å². The van der Waals surface area contributed by atoms with Crippen LogP contribution in [-0.4, -0.2) is 17.3 Å². The highest BCUT2D eigenvalue weighted by Gasteiger charge is 2.12. The molecule has 0 heterocycles. The van der Waals surface area contributed by atoms with E-state index in [4.69, 9.17) is 4.74 Å². The van der Waals surface area contributed by atoms with Crippen molar-refractivity contribution < 1.29 is 18.8 Å². The van der Waals surface area contributed by atoms with Gasteiger partial charge in [0.1, 0.15) is 11.6 Å². The number of non-ortho nitro benzene ring substituents is 1. The molecule has 21 heavy (non-hydrogen) atoms.